The number of nitrogens with zero attached hydrogens (tertiary/aromatic N) is 4. The van der Waals surface area contributed by atoms with Crippen LogP contribution in [0, 0.1) is 11.3 Å². The number of morpholine rings is 1. The molecule has 1 fully saturated rings. The first kappa shape index (κ1) is 16.4. The minimum atomic E-state index is 0.296. The highest BCUT2D eigenvalue weighted by molar-refractivity contribution is 5.47. The average molecular weight is 323 g/mol. The zero-order chi connectivity index (χ0) is 16.8. The summed E-state index contributed by atoms with van der Waals surface area (Å²) >= 11 is 0. The summed E-state index contributed by atoms with van der Waals surface area (Å²) in [5, 5.41) is 12.2. The van der Waals surface area contributed by atoms with Gasteiger partial charge in [0.1, 0.15) is 6.07 Å². The van der Waals surface area contributed by atoms with Crippen LogP contribution < -0.4 is 5.32 Å². The first-order valence-corrected chi connectivity index (χ1v) is 8.11. The van der Waals surface area contributed by atoms with Crippen molar-refractivity contribution in [3.8, 4) is 6.07 Å². The molecule has 1 unspecified atom stereocenters. The predicted molar refractivity (Wildman–Crippen MR) is 91.2 cm³/mol. The number of hydrogen-bond acceptors (Lipinski definition) is 6. The Labute approximate surface area is 142 Å². The Bertz CT molecular complexity index is 727. The third-order valence-corrected chi connectivity index (χ3v) is 3.99. The smallest absolute Gasteiger partial charge is 0.182 e. The van der Waals surface area contributed by atoms with Gasteiger partial charge < -0.3 is 10.1 Å². The summed E-state index contributed by atoms with van der Waals surface area (Å²) in [6, 6.07) is 10.5. The number of benzene rings is 1. The van der Waals surface area contributed by atoms with Crippen LogP contribution in [-0.2, 0) is 17.8 Å². The Kier molecular flexibility index (Phi) is 5.36. The van der Waals surface area contributed by atoms with E-state index in [0.29, 0.717) is 24.2 Å². The molecule has 1 aliphatic heterocycles. The zero-order valence-corrected chi connectivity index (χ0v) is 13.8. The highest BCUT2D eigenvalue weighted by Crippen LogP contribution is 2.14. The van der Waals surface area contributed by atoms with E-state index in [9.17, 15) is 0 Å². The van der Waals surface area contributed by atoms with E-state index in [1.54, 1.807) is 6.20 Å². The SMILES string of the molecule is CC1CN(Cc2cccc(CNc3nccnc3C#N)c2)CCO1. The van der Waals surface area contributed by atoms with Gasteiger partial charge in [0.05, 0.1) is 12.7 Å². The van der Waals surface area contributed by atoms with E-state index < -0.39 is 0 Å². The summed E-state index contributed by atoms with van der Waals surface area (Å²) in [6.07, 6.45) is 3.40. The van der Waals surface area contributed by atoms with Crippen molar-refractivity contribution in [2.24, 2.45) is 0 Å². The molecule has 24 heavy (non-hydrogen) atoms. The lowest BCUT2D eigenvalue weighted by atomic mass is 10.1. The maximum atomic E-state index is 9.06. The fourth-order valence-electron chi connectivity index (χ4n) is 2.87. The molecule has 0 radical (unpaired) electrons. The first-order chi connectivity index (χ1) is 11.7. The van der Waals surface area contributed by atoms with Crippen molar-refractivity contribution in [3.63, 3.8) is 0 Å². The number of aromatic nitrogens is 2. The van der Waals surface area contributed by atoms with Gasteiger partial charge in [-0.2, -0.15) is 5.26 Å². The Morgan fingerprint density at radius 2 is 2.17 bits per heavy atom. The lowest BCUT2D eigenvalue weighted by molar-refractivity contribution is -0.0212. The van der Waals surface area contributed by atoms with Crippen LogP contribution in [0.4, 0.5) is 5.82 Å². The van der Waals surface area contributed by atoms with E-state index in [0.717, 1.165) is 31.8 Å². The molecule has 6 heteroatoms. The highest BCUT2D eigenvalue weighted by atomic mass is 16.5. The fraction of sp³-hybridized carbons (Fsp3) is 0.389. The van der Waals surface area contributed by atoms with E-state index in [1.165, 1.54) is 11.8 Å². The quantitative estimate of drug-likeness (QED) is 0.909. The van der Waals surface area contributed by atoms with Crippen molar-refractivity contribution >= 4 is 5.82 Å². The van der Waals surface area contributed by atoms with E-state index in [-0.39, 0.29) is 0 Å². The lowest BCUT2D eigenvalue weighted by Gasteiger charge is -2.31. The van der Waals surface area contributed by atoms with Crippen molar-refractivity contribution in [3.05, 3.63) is 53.5 Å². The second-order valence-electron chi connectivity index (χ2n) is 5.96. The number of rotatable bonds is 5. The van der Waals surface area contributed by atoms with Gasteiger partial charge in [0.25, 0.3) is 0 Å². The van der Waals surface area contributed by atoms with E-state index in [1.807, 2.05) is 6.07 Å². The largest absolute Gasteiger partial charge is 0.376 e. The molecule has 3 rings (SSSR count). The molecule has 1 aromatic carbocycles. The summed E-state index contributed by atoms with van der Waals surface area (Å²) in [5.41, 5.74) is 2.75. The Balaban J connectivity index is 1.62. The van der Waals surface area contributed by atoms with Crippen LogP contribution in [-0.4, -0.2) is 40.7 Å². The van der Waals surface area contributed by atoms with Crippen LogP contribution in [0.15, 0.2) is 36.7 Å². The van der Waals surface area contributed by atoms with E-state index >= 15 is 0 Å². The highest BCUT2D eigenvalue weighted by Gasteiger charge is 2.16. The third kappa shape index (κ3) is 4.28. The van der Waals surface area contributed by atoms with Crippen molar-refractivity contribution in [2.45, 2.75) is 26.1 Å². The van der Waals surface area contributed by atoms with E-state index in [2.05, 4.69) is 51.4 Å². The van der Waals surface area contributed by atoms with Crippen LogP contribution in [0.25, 0.3) is 0 Å². The number of nitriles is 1. The van der Waals surface area contributed by atoms with Gasteiger partial charge in [-0.05, 0) is 18.1 Å². The summed E-state index contributed by atoms with van der Waals surface area (Å²) in [6.45, 7) is 6.38. The van der Waals surface area contributed by atoms with Crippen LogP contribution >= 0.6 is 0 Å². The molecule has 1 aliphatic rings. The van der Waals surface area contributed by atoms with Gasteiger partial charge in [-0.15, -0.1) is 0 Å². The van der Waals surface area contributed by atoms with Gasteiger partial charge in [-0.1, -0.05) is 24.3 Å². The third-order valence-electron chi connectivity index (χ3n) is 3.99. The summed E-state index contributed by atoms with van der Waals surface area (Å²) in [7, 11) is 0. The van der Waals surface area contributed by atoms with Gasteiger partial charge >= 0.3 is 0 Å². The maximum absolute atomic E-state index is 9.06. The minimum absolute atomic E-state index is 0.296. The maximum Gasteiger partial charge on any atom is 0.182 e. The Morgan fingerprint density at radius 3 is 3.00 bits per heavy atom. The van der Waals surface area contributed by atoms with E-state index in [4.69, 9.17) is 10.00 Å². The summed E-state index contributed by atoms with van der Waals surface area (Å²) in [4.78, 5) is 10.6. The predicted octanol–water partition coefficient (Wildman–Crippen LogP) is 2.18. The molecule has 0 amide bonds. The Hall–Kier alpha value is -2.49. The molecule has 0 aliphatic carbocycles. The average Bonchev–Trinajstić information content (AvgIpc) is 2.60. The van der Waals surface area contributed by atoms with Crippen LogP contribution in [0.5, 0.6) is 0 Å². The molecule has 2 heterocycles. The van der Waals surface area contributed by atoms with Crippen LogP contribution in [0.3, 0.4) is 0 Å². The molecule has 1 saturated heterocycles. The monoisotopic (exact) mass is 323 g/mol. The van der Waals surface area contributed by atoms with Crippen molar-refractivity contribution in [2.75, 3.05) is 25.0 Å². The molecule has 1 N–H and O–H groups in total. The molecule has 0 saturated carbocycles. The van der Waals surface area contributed by atoms with Crippen molar-refractivity contribution in [1.29, 1.82) is 5.26 Å². The number of nitrogens with one attached hydrogen (secondary N) is 1. The normalized spacial score (nSPS) is 18.1. The topological polar surface area (TPSA) is 74.1 Å². The zero-order valence-electron chi connectivity index (χ0n) is 13.8. The standard InChI is InChI=1S/C18H21N5O/c1-14-12-23(7-8-24-14)13-16-4-2-3-15(9-16)11-22-18-17(10-19)20-5-6-21-18/h2-6,9,14H,7-8,11-13H2,1H3,(H,21,22). The van der Waals surface area contributed by atoms with Crippen LogP contribution in [0.1, 0.15) is 23.7 Å². The molecule has 1 aromatic heterocycles. The van der Waals surface area contributed by atoms with Crippen molar-refractivity contribution in [1.82, 2.24) is 14.9 Å². The first-order valence-electron chi connectivity index (χ1n) is 8.11. The second kappa shape index (κ2) is 7.86. The molecule has 0 spiro atoms. The van der Waals surface area contributed by atoms with Gasteiger partial charge in [0.2, 0.25) is 0 Å². The number of ether oxygens (including phenoxy) is 1. The second-order valence-corrected chi connectivity index (χ2v) is 5.96. The van der Waals surface area contributed by atoms with Crippen molar-refractivity contribution < 1.29 is 4.74 Å². The van der Waals surface area contributed by atoms with Gasteiger partial charge in [-0.25, -0.2) is 9.97 Å². The van der Waals surface area contributed by atoms with Gasteiger partial charge in [0, 0.05) is 38.6 Å². The molecular weight excluding hydrogens is 302 g/mol. The molecule has 1 atom stereocenters. The summed E-state index contributed by atoms with van der Waals surface area (Å²) < 4.78 is 5.59. The Morgan fingerprint density at radius 1 is 1.33 bits per heavy atom. The van der Waals surface area contributed by atoms with Crippen LogP contribution in [0.2, 0.25) is 0 Å². The fourth-order valence-corrected chi connectivity index (χ4v) is 2.87. The molecule has 124 valence electrons. The molecule has 0 bridgehead atoms. The number of hydrogen-bond donors (Lipinski definition) is 1. The molecule has 2 aromatic rings. The summed E-state index contributed by atoms with van der Waals surface area (Å²) in [5.74, 6) is 0.521. The van der Waals surface area contributed by atoms with Gasteiger partial charge in [-0.3, -0.25) is 4.90 Å². The lowest BCUT2D eigenvalue weighted by Crippen LogP contribution is -2.40. The van der Waals surface area contributed by atoms with Gasteiger partial charge in [0.15, 0.2) is 11.5 Å². The minimum Gasteiger partial charge on any atom is -0.376 e. The number of anilines is 1. The molecular formula is C18H21N5O. The molecule has 6 nitrogen and oxygen atoms in total.